The standard InChI is InChI=1S/C12H14BrNO5S/c1-7-4-9(2-3-10(7)13)20(18,19)14-6-8(15)5-11(14)12(16)17/h2-4,8,11,15H,5-6H2,1H3,(H,16,17)/t8-,11-/m1/s1. The quantitative estimate of drug-likeness (QED) is 0.833. The molecule has 1 aliphatic heterocycles. The van der Waals surface area contributed by atoms with Gasteiger partial charge in [0.25, 0.3) is 0 Å². The third-order valence-electron chi connectivity index (χ3n) is 3.25. The number of β-amino-alcohol motifs (C(OH)–C–C–N with tert-alkyl or cyclic N) is 1. The molecule has 8 heteroatoms. The van der Waals surface area contributed by atoms with E-state index in [2.05, 4.69) is 15.9 Å². The van der Waals surface area contributed by atoms with Crippen molar-refractivity contribution >= 4 is 31.9 Å². The predicted molar refractivity (Wildman–Crippen MR) is 74.8 cm³/mol. The van der Waals surface area contributed by atoms with Crippen molar-refractivity contribution in [2.45, 2.75) is 30.4 Å². The Morgan fingerprint density at radius 3 is 2.65 bits per heavy atom. The van der Waals surface area contributed by atoms with Crippen LogP contribution in [0.1, 0.15) is 12.0 Å². The maximum absolute atomic E-state index is 12.5. The second kappa shape index (κ2) is 5.44. The molecule has 2 rings (SSSR count). The van der Waals surface area contributed by atoms with E-state index in [4.69, 9.17) is 5.11 Å². The second-order valence-corrected chi connectivity index (χ2v) is 7.47. The van der Waals surface area contributed by atoms with Crippen LogP contribution in [0.15, 0.2) is 27.6 Å². The molecule has 0 aliphatic carbocycles. The number of carboxylic acid groups (broad SMARTS) is 1. The number of aryl methyl sites for hydroxylation is 1. The van der Waals surface area contributed by atoms with Crippen molar-refractivity contribution in [1.82, 2.24) is 4.31 Å². The zero-order valence-electron chi connectivity index (χ0n) is 10.7. The van der Waals surface area contributed by atoms with Crippen molar-refractivity contribution < 1.29 is 23.4 Å². The molecule has 0 radical (unpaired) electrons. The van der Waals surface area contributed by atoms with Gasteiger partial charge >= 0.3 is 5.97 Å². The van der Waals surface area contributed by atoms with Crippen molar-refractivity contribution in [2.24, 2.45) is 0 Å². The lowest BCUT2D eigenvalue weighted by Crippen LogP contribution is -2.40. The number of aliphatic hydroxyl groups is 1. The Hall–Kier alpha value is -0.960. The van der Waals surface area contributed by atoms with Gasteiger partial charge in [-0.1, -0.05) is 15.9 Å². The van der Waals surface area contributed by atoms with Crippen LogP contribution >= 0.6 is 15.9 Å². The SMILES string of the molecule is Cc1cc(S(=O)(=O)N2C[C@H](O)C[C@@H]2C(=O)O)ccc1Br. The summed E-state index contributed by atoms with van der Waals surface area (Å²) in [6.07, 6.45) is -1.05. The number of aliphatic hydroxyl groups excluding tert-OH is 1. The fraction of sp³-hybridized carbons (Fsp3) is 0.417. The molecule has 0 amide bonds. The first-order valence-electron chi connectivity index (χ1n) is 5.92. The van der Waals surface area contributed by atoms with Gasteiger partial charge in [0.05, 0.1) is 11.0 Å². The molecule has 0 unspecified atom stereocenters. The number of aliphatic carboxylic acids is 1. The van der Waals surface area contributed by atoms with Crippen LogP contribution in [-0.4, -0.2) is 47.6 Å². The molecule has 0 aromatic heterocycles. The number of carbonyl (C=O) groups is 1. The third-order valence-corrected chi connectivity index (χ3v) is 6.02. The van der Waals surface area contributed by atoms with Gasteiger partial charge in [0.15, 0.2) is 0 Å². The number of carboxylic acids is 1. The highest BCUT2D eigenvalue weighted by atomic mass is 79.9. The molecule has 1 heterocycles. The Balaban J connectivity index is 2.43. The van der Waals surface area contributed by atoms with Gasteiger partial charge in [-0.25, -0.2) is 8.42 Å². The van der Waals surface area contributed by atoms with Gasteiger partial charge < -0.3 is 10.2 Å². The van der Waals surface area contributed by atoms with Crippen LogP contribution in [0, 0.1) is 6.92 Å². The summed E-state index contributed by atoms with van der Waals surface area (Å²) >= 11 is 3.28. The minimum absolute atomic E-state index is 0.0264. The fourth-order valence-corrected chi connectivity index (χ4v) is 4.15. The zero-order chi connectivity index (χ0) is 15.1. The fourth-order valence-electron chi connectivity index (χ4n) is 2.19. The molecule has 2 N–H and O–H groups in total. The average molecular weight is 364 g/mol. The van der Waals surface area contributed by atoms with Gasteiger partial charge in [0.2, 0.25) is 10.0 Å². The van der Waals surface area contributed by atoms with Crippen LogP contribution in [0.3, 0.4) is 0 Å². The summed E-state index contributed by atoms with van der Waals surface area (Å²) in [6, 6.07) is 3.27. The van der Waals surface area contributed by atoms with Crippen LogP contribution in [0.25, 0.3) is 0 Å². The lowest BCUT2D eigenvalue weighted by atomic mass is 10.2. The molecule has 2 atom stereocenters. The first-order chi connectivity index (χ1) is 9.23. The highest BCUT2D eigenvalue weighted by molar-refractivity contribution is 9.10. The van der Waals surface area contributed by atoms with Crippen LogP contribution in [-0.2, 0) is 14.8 Å². The van der Waals surface area contributed by atoms with E-state index in [1.807, 2.05) is 0 Å². The number of halogens is 1. The monoisotopic (exact) mass is 363 g/mol. The first-order valence-corrected chi connectivity index (χ1v) is 8.15. The van der Waals surface area contributed by atoms with E-state index < -0.39 is 28.1 Å². The molecule has 20 heavy (non-hydrogen) atoms. The summed E-state index contributed by atoms with van der Waals surface area (Å²) in [5, 5.41) is 18.6. The Labute approximate surface area is 125 Å². The Morgan fingerprint density at radius 1 is 1.45 bits per heavy atom. The maximum atomic E-state index is 12.5. The first kappa shape index (κ1) is 15.4. The van der Waals surface area contributed by atoms with Crippen LogP contribution in [0.4, 0.5) is 0 Å². The molecule has 1 fully saturated rings. The molecule has 0 spiro atoms. The summed E-state index contributed by atoms with van der Waals surface area (Å²) in [7, 11) is -3.93. The predicted octanol–water partition coefficient (Wildman–Crippen LogP) is 0.966. The lowest BCUT2D eigenvalue weighted by molar-refractivity contribution is -0.140. The third kappa shape index (κ3) is 2.73. The van der Waals surface area contributed by atoms with Crippen molar-refractivity contribution in [2.75, 3.05) is 6.54 Å². The molecular weight excluding hydrogens is 350 g/mol. The van der Waals surface area contributed by atoms with E-state index in [0.29, 0.717) is 0 Å². The molecule has 0 saturated carbocycles. The maximum Gasteiger partial charge on any atom is 0.322 e. The molecule has 110 valence electrons. The van der Waals surface area contributed by atoms with E-state index in [9.17, 15) is 18.3 Å². The zero-order valence-corrected chi connectivity index (χ0v) is 13.1. The van der Waals surface area contributed by atoms with Crippen molar-refractivity contribution in [1.29, 1.82) is 0 Å². The summed E-state index contributed by atoms with van der Waals surface area (Å²) in [5.41, 5.74) is 0.734. The molecule has 1 saturated heterocycles. The number of hydrogen-bond acceptors (Lipinski definition) is 4. The number of rotatable bonds is 3. The Morgan fingerprint density at radius 2 is 2.10 bits per heavy atom. The van der Waals surface area contributed by atoms with Crippen LogP contribution < -0.4 is 0 Å². The van der Waals surface area contributed by atoms with E-state index in [1.54, 1.807) is 13.0 Å². The van der Waals surface area contributed by atoms with Gasteiger partial charge in [-0.15, -0.1) is 0 Å². The summed E-state index contributed by atoms with van der Waals surface area (Å²) < 4.78 is 26.6. The molecule has 6 nitrogen and oxygen atoms in total. The smallest absolute Gasteiger partial charge is 0.322 e. The van der Waals surface area contributed by atoms with Gasteiger partial charge in [-0.2, -0.15) is 4.31 Å². The Kier molecular flexibility index (Phi) is 4.19. The molecular formula is C12H14BrNO5S. The number of nitrogens with zero attached hydrogens (tertiary/aromatic N) is 1. The van der Waals surface area contributed by atoms with Gasteiger partial charge in [-0.3, -0.25) is 4.79 Å². The highest BCUT2D eigenvalue weighted by Crippen LogP contribution is 2.28. The minimum atomic E-state index is -3.93. The minimum Gasteiger partial charge on any atom is -0.480 e. The molecule has 1 aromatic rings. The van der Waals surface area contributed by atoms with Gasteiger partial charge in [0.1, 0.15) is 6.04 Å². The molecule has 1 aliphatic rings. The number of hydrogen-bond donors (Lipinski definition) is 2. The number of benzene rings is 1. The van der Waals surface area contributed by atoms with Crippen LogP contribution in [0.2, 0.25) is 0 Å². The highest BCUT2D eigenvalue weighted by Gasteiger charge is 2.43. The summed E-state index contributed by atoms with van der Waals surface area (Å²) in [6.45, 7) is 1.55. The van der Waals surface area contributed by atoms with Crippen molar-refractivity contribution in [3.8, 4) is 0 Å². The van der Waals surface area contributed by atoms with E-state index >= 15 is 0 Å². The largest absolute Gasteiger partial charge is 0.480 e. The second-order valence-electron chi connectivity index (χ2n) is 4.73. The Bertz CT molecular complexity index is 645. The van der Waals surface area contributed by atoms with Crippen LogP contribution in [0.5, 0.6) is 0 Å². The van der Waals surface area contributed by atoms with Crippen molar-refractivity contribution in [3.63, 3.8) is 0 Å². The summed E-state index contributed by atoms with van der Waals surface area (Å²) in [4.78, 5) is 11.2. The molecule has 1 aromatic carbocycles. The van der Waals surface area contributed by atoms with E-state index in [-0.39, 0.29) is 17.9 Å². The lowest BCUT2D eigenvalue weighted by Gasteiger charge is -2.21. The van der Waals surface area contributed by atoms with E-state index in [0.717, 1.165) is 14.3 Å². The molecule has 0 bridgehead atoms. The number of sulfonamides is 1. The van der Waals surface area contributed by atoms with E-state index in [1.165, 1.54) is 12.1 Å². The van der Waals surface area contributed by atoms with Gasteiger partial charge in [-0.05, 0) is 30.7 Å². The summed E-state index contributed by atoms with van der Waals surface area (Å²) in [5.74, 6) is -1.25. The van der Waals surface area contributed by atoms with Crippen molar-refractivity contribution in [3.05, 3.63) is 28.2 Å². The topological polar surface area (TPSA) is 94.9 Å². The normalized spacial score (nSPS) is 23.9. The average Bonchev–Trinajstić information content (AvgIpc) is 2.75. The van der Waals surface area contributed by atoms with Gasteiger partial charge in [0, 0.05) is 17.4 Å².